The van der Waals surface area contributed by atoms with Crippen molar-refractivity contribution in [1.82, 2.24) is 15.0 Å². The number of aromatic nitrogens is 3. The topological polar surface area (TPSA) is 55.7 Å². The summed E-state index contributed by atoms with van der Waals surface area (Å²) in [7, 11) is 0. The van der Waals surface area contributed by atoms with Gasteiger partial charge in [0.25, 0.3) is 0 Å². The van der Waals surface area contributed by atoms with Crippen molar-refractivity contribution in [1.29, 1.82) is 0 Å². The molecule has 2 aromatic rings. The van der Waals surface area contributed by atoms with Gasteiger partial charge in [-0.3, -0.25) is 9.78 Å². The van der Waals surface area contributed by atoms with Crippen LogP contribution in [0.4, 0.5) is 13.2 Å². The zero-order valence-electron chi connectivity index (χ0n) is 10.8. The molecular weight excluding hydrogens is 283 g/mol. The van der Waals surface area contributed by atoms with Gasteiger partial charge in [0.1, 0.15) is 0 Å². The molecule has 0 unspecified atom stereocenters. The second-order valence-electron chi connectivity index (χ2n) is 4.88. The molecule has 108 valence electrons. The first-order chi connectivity index (χ1) is 9.99. The Hall–Kier alpha value is -2.31. The van der Waals surface area contributed by atoms with E-state index in [1.807, 2.05) is 0 Å². The van der Waals surface area contributed by atoms with E-state index in [-0.39, 0.29) is 0 Å². The van der Waals surface area contributed by atoms with Gasteiger partial charge in [-0.2, -0.15) is 13.2 Å². The van der Waals surface area contributed by atoms with E-state index < -0.39 is 12.0 Å². The molecule has 0 bridgehead atoms. The molecule has 0 saturated heterocycles. The lowest BCUT2D eigenvalue weighted by Gasteiger charge is -2.08. The number of nitrogens with zero attached hydrogens (tertiary/aromatic N) is 3. The minimum absolute atomic E-state index is 0.308. The number of halogens is 3. The lowest BCUT2D eigenvalue weighted by Crippen LogP contribution is -2.10. The highest BCUT2D eigenvalue weighted by Crippen LogP contribution is 2.40. The van der Waals surface area contributed by atoms with Crippen LogP contribution in [0.15, 0.2) is 24.7 Å². The van der Waals surface area contributed by atoms with Crippen molar-refractivity contribution >= 4 is 6.29 Å². The number of aldehydes is 1. The van der Waals surface area contributed by atoms with Crippen molar-refractivity contribution in [3.8, 4) is 11.1 Å². The largest absolute Gasteiger partial charge is 0.451 e. The third-order valence-electron chi connectivity index (χ3n) is 3.29. The molecule has 0 radical (unpaired) electrons. The number of pyridine rings is 1. The number of alkyl halides is 3. The normalized spacial score (nSPS) is 15.0. The van der Waals surface area contributed by atoms with Crippen LogP contribution in [0.25, 0.3) is 11.1 Å². The van der Waals surface area contributed by atoms with E-state index in [9.17, 15) is 18.0 Å². The van der Waals surface area contributed by atoms with Crippen LogP contribution in [0, 0.1) is 0 Å². The molecule has 0 aromatic carbocycles. The summed E-state index contributed by atoms with van der Waals surface area (Å²) in [4.78, 5) is 21.9. The van der Waals surface area contributed by atoms with Crippen molar-refractivity contribution < 1.29 is 18.0 Å². The Labute approximate surface area is 118 Å². The molecule has 2 aromatic heterocycles. The SMILES string of the molecule is O=Cc1cnc(C2CC2)cc1-c1cnc(C(F)(F)F)nc1. The van der Waals surface area contributed by atoms with E-state index in [4.69, 9.17) is 0 Å². The van der Waals surface area contributed by atoms with Crippen molar-refractivity contribution in [3.05, 3.63) is 41.7 Å². The zero-order valence-corrected chi connectivity index (χ0v) is 10.8. The van der Waals surface area contributed by atoms with E-state index in [1.165, 1.54) is 6.20 Å². The number of hydrogen-bond donors (Lipinski definition) is 0. The number of carbonyl (C=O) groups is 1. The summed E-state index contributed by atoms with van der Waals surface area (Å²) in [6.45, 7) is 0. The summed E-state index contributed by atoms with van der Waals surface area (Å²) in [5, 5.41) is 0. The minimum Gasteiger partial charge on any atom is -0.298 e. The van der Waals surface area contributed by atoms with Crippen molar-refractivity contribution in [3.63, 3.8) is 0 Å². The first kappa shape index (κ1) is 13.7. The number of rotatable bonds is 3. The maximum Gasteiger partial charge on any atom is 0.451 e. The molecule has 1 fully saturated rings. The number of carbonyl (C=O) groups excluding carboxylic acids is 1. The molecule has 1 aliphatic carbocycles. The van der Waals surface area contributed by atoms with Crippen molar-refractivity contribution in [2.24, 2.45) is 0 Å². The molecule has 3 rings (SSSR count). The smallest absolute Gasteiger partial charge is 0.298 e. The first-order valence-corrected chi connectivity index (χ1v) is 6.34. The van der Waals surface area contributed by atoms with Gasteiger partial charge in [0.05, 0.1) is 0 Å². The highest BCUT2D eigenvalue weighted by atomic mass is 19.4. The van der Waals surface area contributed by atoms with Gasteiger partial charge in [0, 0.05) is 41.3 Å². The Kier molecular flexibility index (Phi) is 3.19. The van der Waals surface area contributed by atoms with E-state index in [0.717, 1.165) is 30.9 Å². The van der Waals surface area contributed by atoms with Gasteiger partial charge in [-0.25, -0.2) is 9.97 Å². The fourth-order valence-corrected chi connectivity index (χ4v) is 2.04. The lowest BCUT2D eigenvalue weighted by molar-refractivity contribution is -0.144. The maximum atomic E-state index is 12.5. The summed E-state index contributed by atoms with van der Waals surface area (Å²) < 4.78 is 37.4. The molecule has 4 nitrogen and oxygen atoms in total. The fraction of sp³-hybridized carbons (Fsp3) is 0.286. The van der Waals surface area contributed by atoms with E-state index in [0.29, 0.717) is 28.9 Å². The molecule has 0 amide bonds. The van der Waals surface area contributed by atoms with Gasteiger partial charge in [0.15, 0.2) is 6.29 Å². The van der Waals surface area contributed by atoms with E-state index >= 15 is 0 Å². The van der Waals surface area contributed by atoms with Crippen LogP contribution >= 0.6 is 0 Å². The summed E-state index contributed by atoms with van der Waals surface area (Å²) in [5.41, 5.74) is 2.03. The maximum absolute atomic E-state index is 12.5. The van der Waals surface area contributed by atoms with Gasteiger partial charge in [0.2, 0.25) is 5.82 Å². The lowest BCUT2D eigenvalue weighted by atomic mass is 10.0. The standard InChI is InChI=1S/C14H10F3N3O/c15-14(16,17)13-19-4-9(5-20-13)11-3-12(8-1-2-8)18-6-10(11)7-21/h3-8H,1-2H2. The third kappa shape index (κ3) is 2.76. The van der Waals surface area contributed by atoms with Crippen molar-refractivity contribution in [2.75, 3.05) is 0 Å². The molecule has 1 aliphatic rings. The van der Waals surface area contributed by atoms with Crippen LogP contribution in [0.3, 0.4) is 0 Å². The van der Waals surface area contributed by atoms with Crippen LogP contribution in [0.5, 0.6) is 0 Å². The van der Waals surface area contributed by atoms with Gasteiger partial charge >= 0.3 is 6.18 Å². The summed E-state index contributed by atoms with van der Waals surface area (Å²) >= 11 is 0. The summed E-state index contributed by atoms with van der Waals surface area (Å²) in [5.74, 6) is -0.824. The second kappa shape index (κ2) is 4.91. The molecule has 0 spiro atoms. The van der Waals surface area contributed by atoms with Gasteiger partial charge in [-0.05, 0) is 24.5 Å². The summed E-state index contributed by atoms with van der Waals surface area (Å²) in [6, 6.07) is 1.73. The van der Waals surface area contributed by atoms with Crippen molar-refractivity contribution in [2.45, 2.75) is 24.9 Å². The molecule has 0 atom stereocenters. The van der Waals surface area contributed by atoms with Crippen LogP contribution in [0.2, 0.25) is 0 Å². The van der Waals surface area contributed by atoms with Crippen LogP contribution in [-0.2, 0) is 6.18 Å². The molecule has 21 heavy (non-hydrogen) atoms. The molecule has 0 N–H and O–H groups in total. The van der Waals surface area contributed by atoms with Crippen LogP contribution in [0.1, 0.15) is 40.6 Å². The predicted octanol–water partition coefficient (Wildman–Crippen LogP) is 3.25. The van der Waals surface area contributed by atoms with E-state index in [1.54, 1.807) is 6.07 Å². The Bertz CT molecular complexity index is 679. The highest BCUT2D eigenvalue weighted by molar-refractivity contribution is 5.86. The third-order valence-corrected chi connectivity index (χ3v) is 3.29. The molecule has 1 saturated carbocycles. The van der Waals surface area contributed by atoms with Gasteiger partial charge in [-0.1, -0.05) is 0 Å². The van der Waals surface area contributed by atoms with Crippen LogP contribution < -0.4 is 0 Å². The van der Waals surface area contributed by atoms with Gasteiger partial charge in [-0.15, -0.1) is 0 Å². The minimum atomic E-state index is -4.58. The molecular formula is C14H10F3N3O. The molecule has 7 heteroatoms. The fourth-order valence-electron chi connectivity index (χ4n) is 2.04. The Morgan fingerprint density at radius 1 is 1.10 bits per heavy atom. The van der Waals surface area contributed by atoms with Gasteiger partial charge < -0.3 is 0 Å². The highest BCUT2D eigenvalue weighted by Gasteiger charge is 2.34. The average Bonchev–Trinajstić information content (AvgIpc) is 3.30. The molecule has 0 aliphatic heterocycles. The Morgan fingerprint density at radius 3 is 2.29 bits per heavy atom. The summed E-state index contributed by atoms with van der Waals surface area (Å²) in [6.07, 6.45) is 1.71. The quantitative estimate of drug-likeness (QED) is 0.815. The Balaban J connectivity index is 2.02. The molecule has 2 heterocycles. The second-order valence-corrected chi connectivity index (χ2v) is 4.88. The first-order valence-electron chi connectivity index (χ1n) is 6.34. The van der Waals surface area contributed by atoms with E-state index in [2.05, 4.69) is 15.0 Å². The predicted molar refractivity (Wildman–Crippen MR) is 67.6 cm³/mol. The Morgan fingerprint density at radius 2 is 1.76 bits per heavy atom. The van der Waals surface area contributed by atoms with Crippen LogP contribution in [-0.4, -0.2) is 21.2 Å². The number of hydrogen-bond acceptors (Lipinski definition) is 4. The monoisotopic (exact) mass is 293 g/mol. The average molecular weight is 293 g/mol. The zero-order chi connectivity index (χ0) is 15.0.